The average Bonchev–Trinajstić information content (AvgIpc) is 2.44. The van der Waals surface area contributed by atoms with Crippen molar-refractivity contribution >= 4 is 0 Å². The number of benzene rings is 1. The van der Waals surface area contributed by atoms with Crippen molar-refractivity contribution in [3.8, 4) is 5.75 Å². The number of nitrogens with one attached hydrogen (secondary N) is 1. The van der Waals surface area contributed by atoms with Gasteiger partial charge in [0.1, 0.15) is 5.75 Å². The number of hydrogen-bond acceptors (Lipinski definition) is 3. The quantitative estimate of drug-likeness (QED) is 0.708. The van der Waals surface area contributed by atoms with Crippen molar-refractivity contribution in [3.05, 3.63) is 29.8 Å². The summed E-state index contributed by atoms with van der Waals surface area (Å²) in [7, 11) is 1.75. The lowest BCUT2D eigenvalue weighted by atomic mass is 9.64. The van der Waals surface area contributed by atoms with Crippen LogP contribution in [0.15, 0.2) is 24.3 Å². The summed E-state index contributed by atoms with van der Waals surface area (Å²) in [6.07, 6.45) is 3.88. The second kappa shape index (κ2) is 7.81. The number of rotatable bonds is 9. The van der Waals surface area contributed by atoms with Crippen molar-refractivity contribution in [3.63, 3.8) is 0 Å². The van der Waals surface area contributed by atoms with E-state index in [0.717, 1.165) is 32.1 Å². The van der Waals surface area contributed by atoms with Gasteiger partial charge in [-0.1, -0.05) is 32.4 Å². The Morgan fingerprint density at radius 3 is 2.43 bits per heavy atom. The Labute approximate surface area is 129 Å². The summed E-state index contributed by atoms with van der Waals surface area (Å²) >= 11 is 0. The van der Waals surface area contributed by atoms with E-state index in [1.165, 1.54) is 24.8 Å². The maximum atomic E-state index is 5.77. The molecule has 0 spiro atoms. The maximum absolute atomic E-state index is 5.77. The molecule has 0 aromatic heterocycles. The molecule has 0 unspecified atom stereocenters. The molecule has 21 heavy (non-hydrogen) atoms. The molecule has 1 aliphatic rings. The zero-order chi connectivity index (χ0) is 15.1. The third-order valence-corrected chi connectivity index (χ3v) is 4.31. The predicted octanol–water partition coefficient (Wildman–Crippen LogP) is 3.38. The van der Waals surface area contributed by atoms with Crippen LogP contribution < -0.4 is 10.1 Å². The Balaban J connectivity index is 1.92. The molecule has 0 bridgehead atoms. The lowest BCUT2D eigenvalue weighted by molar-refractivity contribution is 0.185. The molecule has 0 radical (unpaired) electrons. The SMILES string of the molecule is COCCNCC1(c2ccc(OCC(C)C)cc2)CCC1. The molecular formula is C18H29NO2. The van der Waals surface area contributed by atoms with E-state index in [1.54, 1.807) is 7.11 Å². The third-order valence-electron chi connectivity index (χ3n) is 4.31. The van der Waals surface area contributed by atoms with Gasteiger partial charge in [0.25, 0.3) is 0 Å². The largest absolute Gasteiger partial charge is 0.493 e. The van der Waals surface area contributed by atoms with E-state index in [0.29, 0.717) is 11.3 Å². The highest BCUT2D eigenvalue weighted by Crippen LogP contribution is 2.43. The molecule has 0 atom stereocenters. The normalized spacial score (nSPS) is 16.8. The minimum absolute atomic E-state index is 0.324. The molecule has 1 N–H and O–H groups in total. The van der Waals surface area contributed by atoms with Crippen molar-refractivity contribution < 1.29 is 9.47 Å². The molecule has 1 aromatic rings. The average molecular weight is 291 g/mol. The monoisotopic (exact) mass is 291 g/mol. The summed E-state index contributed by atoms with van der Waals surface area (Å²) < 4.78 is 10.9. The summed E-state index contributed by atoms with van der Waals surface area (Å²) in [6, 6.07) is 8.72. The first-order valence-corrected chi connectivity index (χ1v) is 8.09. The number of ether oxygens (including phenoxy) is 2. The van der Waals surface area contributed by atoms with Crippen LogP contribution >= 0.6 is 0 Å². The van der Waals surface area contributed by atoms with Gasteiger partial charge in [-0.05, 0) is 36.5 Å². The molecule has 2 rings (SSSR count). The van der Waals surface area contributed by atoms with Gasteiger partial charge in [-0.15, -0.1) is 0 Å². The highest BCUT2D eigenvalue weighted by molar-refractivity contribution is 5.34. The second-order valence-electron chi connectivity index (χ2n) is 6.53. The Bertz CT molecular complexity index is 410. The van der Waals surface area contributed by atoms with E-state index < -0.39 is 0 Å². The van der Waals surface area contributed by atoms with E-state index in [9.17, 15) is 0 Å². The summed E-state index contributed by atoms with van der Waals surface area (Å²) in [5.74, 6) is 1.54. The third kappa shape index (κ3) is 4.45. The van der Waals surface area contributed by atoms with Crippen LogP contribution in [0.25, 0.3) is 0 Å². The highest BCUT2D eigenvalue weighted by atomic mass is 16.5. The number of hydrogen-bond donors (Lipinski definition) is 1. The second-order valence-corrected chi connectivity index (χ2v) is 6.53. The Morgan fingerprint density at radius 1 is 1.19 bits per heavy atom. The van der Waals surface area contributed by atoms with Crippen molar-refractivity contribution in [1.82, 2.24) is 5.32 Å². The van der Waals surface area contributed by atoms with Crippen LogP contribution in [0.4, 0.5) is 0 Å². The molecule has 0 saturated heterocycles. The molecule has 3 heteroatoms. The van der Waals surface area contributed by atoms with Crippen molar-refractivity contribution in [2.45, 2.75) is 38.5 Å². The molecule has 1 aromatic carbocycles. The highest BCUT2D eigenvalue weighted by Gasteiger charge is 2.38. The lowest BCUT2D eigenvalue weighted by Gasteiger charge is -2.43. The zero-order valence-corrected chi connectivity index (χ0v) is 13.7. The van der Waals surface area contributed by atoms with Crippen LogP contribution in [0.1, 0.15) is 38.7 Å². The summed E-state index contributed by atoms with van der Waals surface area (Å²) in [5, 5.41) is 3.53. The van der Waals surface area contributed by atoms with Crippen LogP contribution in [0.5, 0.6) is 5.75 Å². The van der Waals surface area contributed by atoms with E-state index in [1.807, 2.05) is 0 Å². The molecule has 0 amide bonds. The molecule has 1 aliphatic carbocycles. The van der Waals surface area contributed by atoms with Gasteiger partial charge in [-0.25, -0.2) is 0 Å². The molecule has 1 saturated carbocycles. The van der Waals surface area contributed by atoms with Crippen LogP contribution in [-0.2, 0) is 10.2 Å². The van der Waals surface area contributed by atoms with Gasteiger partial charge in [0, 0.05) is 25.6 Å². The van der Waals surface area contributed by atoms with Crippen molar-refractivity contribution in [2.75, 3.05) is 33.4 Å². The topological polar surface area (TPSA) is 30.5 Å². The van der Waals surface area contributed by atoms with Gasteiger partial charge in [0.2, 0.25) is 0 Å². The molecule has 0 heterocycles. The summed E-state index contributed by atoms with van der Waals surface area (Å²) in [5.41, 5.74) is 1.76. The van der Waals surface area contributed by atoms with E-state index in [-0.39, 0.29) is 0 Å². The van der Waals surface area contributed by atoms with Crippen LogP contribution in [0.2, 0.25) is 0 Å². The molecule has 118 valence electrons. The summed E-state index contributed by atoms with van der Waals surface area (Å²) in [4.78, 5) is 0. The van der Waals surface area contributed by atoms with E-state index in [2.05, 4.69) is 43.4 Å². The Hall–Kier alpha value is -1.06. The standard InChI is InChI=1S/C18H29NO2/c1-15(2)13-21-17-7-5-16(6-8-17)18(9-4-10-18)14-19-11-12-20-3/h5-8,15,19H,4,9-14H2,1-3H3. The first kappa shape index (κ1) is 16.3. The minimum atomic E-state index is 0.324. The van der Waals surface area contributed by atoms with Crippen LogP contribution in [0, 0.1) is 5.92 Å². The predicted molar refractivity (Wildman–Crippen MR) is 87.0 cm³/mol. The summed E-state index contributed by atoms with van der Waals surface area (Å²) in [6.45, 7) is 7.87. The minimum Gasteiger partial charge on any atom is -0.493 e. The van der Waals surface area contributed by atoms with Gasteiger partial charge < -0.3 is 14.8 Å². The first-order valence-electron chi connectivity index (χ1n) is 8.09. The van der Waals surface area contributed by atoms with Crippen molar-refractivity contribution in [2.24, 2.45) is 5.92 Å². The van der Waals surface area contributed by atoms with Gasteiger partial charge in [0.05, 0.1) is 13.2 Å². The molecule has 1 fully saturated rings. The first-order chi connectivity index (χ1) is 10.2. The fraction of sp³-hybridized carbons (Fsp3) is 0.667. The van der Waals surface area contributed by atoms with Gasteiger partial charge in [-0.2, -0.15) is 0 Å². The van der Waals surface area contributed by atoms with E-state index >= 15 is 0 Å². The van der Waals surface area contributed by atoms with E-state index in [4.69, 9.17) is 9.47 Å². The Kier molecular flexibility index (Phi) is 6.07. The van der Waals surface area contributed by atoms with Crippen LogP contribution in [-0.4, -0.2) is 33.4 Å². The fourth-order valence-electron chi connectivity index (χ4n) is 2.84. The van der Waals surface area contributed by atoms with Gasteiger partial charge >= 0.3 is 0 Å². The van der Waals surface area contributed by atoms with Gasteiger partial charge in [-0.3, -0.25) is 0 Å². The Morgan fingerprint density at radius 2 is 1.90 bits per heavy atom. The lowest BCUT2D eigenvalue weighted by Crippen LogP contribution is -2.44. The zero-order valence-electron chi connectivity index (χ0n) is 13.7. The molecule has 3 nitrogen and oxygen atoms in total. The van der Waals surface area contributed by atoms with Crippen molar-refractivity contribution in [1.29, 1.82) is 0 Å². The van der Waals surface area contributed by atoms with Gasteiger partial charge in [0.15, 0.2) is 0 Å². The molecule has 0 aliphatic heterocycles. The fourth-order valence-corrected chi connectivity index (χ4v) is 2.84. The smallest absolute Gasteiger partial charge is 0.119 e. The number of methoxy groups -OCH3 is 1. The maximum Gasteiger partial charge on any atom is 0.119 e. The molecular weight excluding hydrogens is 262 g/mol. The van der Waals surface area contributed by atoms with Crippen LogP contribution in [0.3, 0.4) is 0 Å².